The van der Waals surface area contributed by atoms with Crippen molar-refractivity contribution in [2.75, 3.05) is 5.32 Å². The van der Waals surface area contributed by atoms with Crippen LogP contribution in [0.1, 0.15) is 31.9 Å². The molecule has 3 aromatic rings. The van der Waals surface area contributed by atoms with Crippen molar-refractivity contribution in [3.05, 3.63) is 85.6 Å². The van der Waals surface area contributed by atoms with Crippen LogP contribution in [0.25, 0.3) is 0 Å². The fourth-order valence-electron chi connectivity index (χ4n) is 2.98. The van der Waals surface area contributed by atoms with Crippen molar-refractivity contribution < 1.29 is 13.2 Å². The van der Waals surface area contributed by atoms with Gasteiger partial charge in [0.1, 0.15) is 0 Å². The molecule has 0 aliphatic heterocycles. The van der Waals surface area contributed by atoms with E-state index in [9.17, 15) is 22.8 Å². The molecule has 3 rings (SSSR count). The molecule has 0 saturated carbocycles. The van der Waals surface area contributed by atoms with E-state index in [1.807, 2.05) is 0 Å². The Morgan fingerprint density at radius 2 is 1.68 bits per heavy atom. The van der Waals surface area contributed by atoms with Gasteiger partial charge >= 0.3 is 17.6 Å². The molecule has 0 unspecified atom stereocenters. The number of nitrogens with zero attached hydrogens (tertiary/aromatic N) is 3. The zero-order chi connectivity index (χ0) is 23.0. The molecule has 164 valence electrons. The molecule has 6 nitrogen and oxygen atoms in total. The summed E-state index contributed by atoms with van der Waals surface area (Å²) >= 11 is 5.91. The Balaban J connectivity index is 2.14. The van der Waals surface area contributed by atoms with Crippen LogP contribution in [0, 0.1) is 0 Å². The topological polar surface area (TPSA) is 68.9 Å². The van der Waals surface area contributed by atoms with E-state index in [2.05, 4.69) is 10.3 Å². The molecular formula is C21H20ClF3N4O2. The highest BCUT2D eigenvalue weighted by atomic mass is 35.5. The fourth-order valence-corrected chi connectivity index (χ4v) is 3.11. The van der Waals surface area contributed by atoms with Crippen molar-refractivity contribution in [1.29, 1.82) is 0 Å². The summed E-state index contributed by atoms with van der Waals surface area (Å²) in [6.07, 6.45) is -4.54. The number of rotatable bonds is 4. The highest BCUT2D eigenvalue weighted by Gasteiger charge is 2.30. The third-order valence-corrected chi connectivity index (χ3v) is 4.69. The number of hydrogen-bond acceptors (Lipinski definition) is 4. The third kappa shape index (κ3) is 5.16. The molecule has 1 aromatic heterocycles. The van der Waals surface area contributed by atoms with Gasteiger partial charge in [0.15, 0.2) is 0 Å². The van der Waals surface area contributed by atoms with Crippen LogP contribution in [0.15, 0.2) is 58.1 Å². The monoisotopic (exact) mass is 452 g/mol. The van der Waals surface area contributed by atoms with Crippen LogP contribution in [0.5, 0.6) is 0 Å². The number of hydrogen-bond donors (Lipinski definition) is 1. The smallest absolute Gasteiger partial charge is 0.325 e. The molecule has 0 bridgehead atoms. The lowest BCUT2D eigenvalue weighted by Gasteiger charge is -2.23. The Labute approximate surface area is 180 Å². The van der Waals surface area contributed by atoms with Crippen molar-refractivity contribution in [2.45, 2.75) is 39.0 Å². The standard InChI is InChI=1S/C21H20ClF3N4O2/c1-20(2,3)29-18(30)27-17(26-16-6-4-5-14(11-16)21(23,24)25)28(19(29)31)12-13-7-9-15(22)10-8-13/h4-11H,12H2,1-3H3,(H,26,27,30). The number of halogens is 4. The number of aromatic nitrogens is 3. The lowest BCUT2D eigenvalue weighted by Crippen LogP contribution is -2.49. The maximum Gasteiger partial charge on any atom is 0.416 e. The van der Waals surface area contributed by atoms with E-state index < -0.39 is 28.7 Å². The molecule has 0 aliphatic rings. The average Bonchev–Trinajstić information content (AvgIpc) is 2.64. The summed E-state index contributed by atoms with van der Waals surface area (Å²) in [5, 5.41) is 3.20. The van der Waals surface area contributed by atoms with Crippen molar-refractivity contribution in [3.63, 3.8) is 0 Å². The summed E-state index contributed by atoms with van der Waals surface area (Å²) in [4.78, 5) is 29.7. The summed E-state index contributed by atoms with van der Waals surface area (Å²) in [5.41, 5.74) is -2.43. The Bertz CT molecular complexity index is 1210. The molecule has 0 radical (unpaired) electrons. The normalized spacial score (nSPS) is 12.1. The van der Waals surface area contributed by atoms with Gasteiger partial charge in [-0.3, -0.25) is 4.57 Å². The van der Waals surface area contributed by atoms with Gasteiger partial charge in [-0.2, -0.15) is 18.2 Å². The summed E-state index contributed by atoms with van der Waals surface area (Å²) in [6.45, 7) is 5.08. The Kier molecular flexibility index (Phi) is 6.00. The average molecular weight is 453 g/mol. The predicted molar refractivity (Wildman–Crippen MR) is 113 cm³/mol. The first-order chi connectivity index (χ1) is 14.4. The summed E-state index contributed by atoms with van der Waals surface area (Å²) in [7, 11) is 0. The molecule has 2 aromatic carbocycles. The van der Waals surface area contributed by atoms with Crippen LogP contribution in [-0.4, -0.2) is 14.1 Å². The van der Waals surface area contributed by atoms with E-state index >= 15 is 0 Å². The van der Waals surface area contributed by atoms with E-state index in [1.54, 1.807) is 45.0 Å². The first kappa shape index (κ1) is 22.6. The molecule has 1 heterocycles. The predicted octanol–water partition coefficient (Wildman–Crippen LogP) is 4.62. The van der Waals surface area contributed by atoms with E-state index in [-0.39, 0.29) is 18.2 Å². The van der Waals surface area contributed by atoms with Crippen molar-refractivity contribution >= 4 is 23.2 Å². The van der Waals surface area contributed by atoms with Crippen LogP contribution in [0.3, 0.4) is 0 Å². The molecule has 0 atom stereocenters. The van der Waals surface area contributed by atoms with Crippen molar-refractivity contribution in [3.8, 4) is 0 Å². The fraction of sp³-hybridized carbons (Fsp3) is 0.286. The first-order valence-electron chi connectivity index (χ1n) is 9.29. The summed E-state index contributed by atoms with van der Waals surface area (Å²) in [5.74, 6) is -0.162. The Morgan fingerprint density at radius 1 is 1.03 bits per heavy atom. The van der Waals surface area contributed by atoms with Crippen molar-refractivity contribution in [2.24, 2.45) is 0 Å². The van der Waals surface area contributed by atoms with E-state index in [1.165, 1.54) is 16.7 Å². The minimum Gasteiger partial charge on any atom is -0.325 e. The first-order valence-corrected chi connectivity index (χ1v) is 9.67. The molecule has 31 heavy (non-hydrogen) atoms. The van der Waals surface area contributed by atoms with Crippen molar-refractivity contribution in [1.82, 2.24) is 14.1 Å². The van der Waals surface area contributed by atoms with Gasteiger partial charge in [0.2, 0.25) is 5.95 Å². The van der Waals surface area contributed by atoms with E-state index in [0.717, 1.165) is 16.7 Å². The molecule has 10 heteroatoms. The van der Waals surface area contributed by atoms with Gasteiger partial charge in [0.05, 0.1) is 12.1 Å². The van der Waals surface area contributed by atoms with Gasteiger partial charge in [0, 0.05) is 16.2 Å². The largest absolute Gasteiger partial charge is 0.416 e. The minimum absolute atomic E-state index is 0.0284. The second-order valence-corrected chi connectivity index (χ2v) is 8.36. The molecule has 0 saturated heterocycles. The number of alkyl halides is 3. The highest BCUT2D eigenvalue weighted by molar-refractivity contribution is 6.30. The molecule has 0 fully saturated rings. The minimum atomic E-state index is -4.54. The van der Waals surface area contributed by atoms with Crippen LogP contribution in [-0.2, 0) is 18.3 Å². The van der Waals surface area contributed by atoms with E-state index in [4.69, 9.17) is 11.6 Å². The summed E-state index contributed by atoms with van der Waals surface area (Å²) in [6, 6.07) is 11.1. The number of anilines is 2. The maximum absolute atomic E-state index is 13.2. The molecule has 0 aliphatic carbocycles. The van der Waals surface area contributed by atoms with Gasteiger partial charge < -0.3 is 5.32 Å². The van der Waals surface area contributed by atoms with Crippen LogP contribution < -0.4 is 16.7 Å². The highest BCUT2D eigenvalue weighted by Crippen LogP contribution is 2.31. The van der Waals surface area contributed by atoms with Gasteiger partial charge in [-0.15, -0.1) is 0 Å². The summed E-state index contributed by atoms with van der Waals surface area (Å²) < 4.78 is 41.4. The van der Waals surface area contributed by atoms with Gasteiger partial charge in [0.25, 0.3) is 0 Å². The Hall–Kier alpha value is -3.07. The Morgan fingerprint density at radius 3 is 2.26 bits per heavy atom. The zero-order valence-corrected chi connectivity index (χ0v) is 17.8. The maximum atomic E-state index is 13.2. The quantitative estimate of drug-likeness (QED) is 0.627. The SMILES string of the molecule is CC(C)(C)n1c(=O)nc(Nc2cccc(C(F)(F)F)c2)n(Cc2ccc(Cl)cc2)c1=O. The lowest BCUT2D eigenvalue weighted by molar-refractivity contribution is -0.137. The second-order valence-electron chi connectivity index (χ2n) is 7.92. The van der Waals surface area contributed by atoms with Crippen LogP contribution in [0.4, 0.5) is 24.8 Å². The van der Waals surface area contributed by atoms with Crippen LogP contribution in [0.2, 0.25) is 5.02 Å². The van der Waals surface area contributed by atoms with Gasteiger partial charge in [-0.1, -0.05) is 29.8 Å². The van der Waals surface area contributed by atoms with Gasteiger partial charge in [-0.25, -0.2) is 14.2 Å². The molecule has 1 N–H and O–H groups in total. The van der Waals surface area contributed by atoms with Gasteiger partial charge in [-0.05, 0) is 56.7 Å². The molecule has 0 spiro atoms. The number of benzene rings is 2. The molecular weight excluding hydrogens is 433 g/mol. The third-order valence-electron chi connectivity index (χ3n) is 4.44. The second kappa shape index (κ2) is 8.22. The number of nitrogens with one attached hydrogen (secondary N) is 1. The van der Waals surface area contributed by atoms with E-state index in [0.29, 0.717) is 10.6 Å². The zero-order valence-electron chi connectivity index (χ0n) is 17.0. The lowest BCUT2D eigenvalue weighted by atomic mass is 10.1. The van der Waals surface area contributed by atoms with Crippen LogP contribution >= 0.6 is 11.6 Å². The molecule has 0 amide bonds.